The molecule has 2 amide bonds. The maximum absolute atomic E-state index is 10.9. The van der Waals surface area contributed by atoms with Crippen molar-refractivity contribution in [3.63, 3.8) is 0 Å². The molecule has 21 heavy (non-hydrogen) atoms. The molecule has 1 fully saturated rings. The molecule has 2 aromatic rings. The number of anilines is 1. The van der Waals surface area contributed by atoms with Crippen LogP contribution < -0.4 is 11.1 Å². The Kier molecular flexibility index (Phi) is 3.41. The number of rotatable bonds is 3. The van der Waals surface area contributed by atoms with E-state index in [-0.39, 0.29) is 12.4 Å². The number of primary amides is 1. The zero-order valence-electron chi connectivity index (χ0n) is 10.9. The molecule has 1 saturated heterocycles. The van der Waals surface area contributed by atoms with Gasteiger partial charge >= 0.3 is 6.03 Å². The molecule has 3 atom stereocenters. The van der Waals surface area contributed by atoms with Crippen molar-refractivity contribution >= 4 is 23.0 Å². The Morgan fingerprint density at radius 2 is 2.33 bits per heavy atom. The van der Waals surface area contributed by atoms with E-state index in [1.165, 1.54) is 17.2 Å². The Balaban J connectivity index is 1.99. The molecule has 1 aliphatic rings. The van der Waals surface area contributed by atoms with Crippen LogP contribution in [0.2, 0.25) is 0 Å². The standard InChI is InChI=1S/C11H14N6O4/c12-11(20)16-8-7-9(14-3-13-8)17(4-15-7)10-6(19)1-5(2-18)21-10/h3-6,10,18-19H,1-2H2,(H3,12,13,14,16,20)/t5-,6+,10+/m0/s1. The zero-order valence-corrected chi connectivity index (χ0v) is 10.9. The summed E-state index contributed by atoms with van der Waals surface area (Å²) in [6.07, 6.45) is 1.06. The molecule has 0 aromatic carbocycles. The molecule has 0 bridgehead atoms. The highest BCUT2D eigenvalue weighted by Crippen LogP contribution is 2.31. The number of urea groups is 1. The van der Waals surface area contributed by atoms with Crippen LogP contribution in [0.5, 0.6) is 0 Å². The minimum absolute atomic E-state index is 0.177. The van der Waals surface area contributed by atoms with Crippen molar-refractivity contribution in [3.8, 4) is 0 Å². The SMILES string of the molecule is NC(=O)Nc1ncnc2c1ncn2[C@@H]1O[C@H](CO)C[C@H]1O. The van der Waals surface area contributed by atoms with Crippen LogP contribution in [-0.4, -0.2) is 54.6 Å². The van der Waals surface area contributed by atoms with Gasteiger partial charge in [0.05, 0.1) is 19.0 Å². The molecule has 0 spiro atoms. The number of amides is 2. The Morgan fingerprint density at radius 3 is 3.00 bits per heavy atom. The van der Waals surface area contributed by atoms with Gasteiger partial charge in [-0.1, -0.05) is 0 Å². The molecule has 2 aromatic heterocycles. The van der Waals surface area contributed by atoms with Crippen LogP contribution in [0.25, 0.3) is 11.2 Å². The summed E-state index contributed by atoms with van der Waals surface area (Å²) in [6.45, 7) is -0.177. The second kappa shape index (κ2) is 5.24. The average molecular weight is 294 g/mol. The smallest absolute Gasteiger partial charge is 0.317 e. The number of fused-ring (bicyclic) bond motifs is 1. The summed E-state index contributed by atoms with van der Waals surface area (Å²) in [5.41, 5.74) is 5.78. The Hall–Kier alpha value is -2.30. The largest absolute Gasteiger partial charge is 0.394 e. The third kappa shape index (κ3) is 2.39. The molecule has 3 heterocycles. The third-order valence-corrected chi connectivity index (χ3v) is 3.24. The van der Waals surface area contributed by atoms with Gasteiger partial charge in [-0.05, 0) is 0 Å². The molecule has 10 heteroatoms. The number of hydrogen-bond acceptors (Lipinski definition) is 7. The van der Waals surface area contributed by atoms with Crippen molar-refractivity contribution in [1.29, 1.82) is 0 Å². The number of aliphatic hydroxyl groups is 2. The van der Waals surface area contributed by atoms with Gasteiger partial charge in [-0.2, -0.15) is 0 Å². The van der Waals surface area contributed by atoms with Gasteiger partial charge in [0.1, 0.15) is 12.4 Å². The van der Waals surface area contributed by atoms with Gasteiger partial charge in [0, 0.05) is 6.42 Å². The fourth-order valence-electron chi connectivity index (χ4n) is 2.34. The maximum Gasteiger partial charge on any atom is 0.317 e. The Labute approximate surface area is 118 Å². The number of carbonyl (C=O) groups is 1. The van der Waals surface area contributed by atoms with Crippen molar-refractivity contribution in [2.45, 2.75) is 24.9 Å². The maximum atomic E-state index is 10.9. The average Bonchev–Trinajstić information content (AvgIpc) is 3.02. The molecule has 0 radical (unpaired) electrons. The van der Waals surface area contributed by atoms with Gasteiger partial charge in [0.15, 0.2) is 23.2 Å². The predicted molar refractivity (Wildman–Crippen MR) is 70.1 cm³/mol. The molecule has 3 rings (SSSR count). The highest BCUT2D eigenvalue weighted by atomic mass is 16.5. The van der Waals surface area contributed by atoms with Gasteiger partial charge in [-0.15, -0.1) is 0 Å². The number of nitrogens with one attached hydrogen (secondary N) is 1. The summed E-state index contributed by atoms with van der Waals surface area (Å²) in [7, 11) is 0. The van der Waals surface area contributed by atoms with E-state index in [0.29, 0.717) is 17.6 Å². The first-order valence-electron chi connectivity index (χ1n) is 6.28. The van der Waals surface area contributed by atoms with Crippen molar-refractivity contribution in [1.82, 2.24) is 19.5 Å². The normalized spacial score (nSPS) is 25.3. The number of ether oxygens (including phenoxy) is 1. The highest BCUT2D eigenvalue weighted by Gasteiger charge is 2.35. The summed E-state index contributed by atoms with van der Waals surface area (Å²) in [4.78, 5) is 23.0. The van der Waals surface area contributed by atoms with E-state index >= 15 is 0 Å². The fraction of sp³-hybridized carbons (Fsp3) is 0.455. The van der Waals surface area contributed by atoms with Gasteiger partial charge < -0.3 is 20.7 Å². The number of aliphatic hydroxyl groups excluding tert-OH is 2. The van der Waals surface area contributed by atoms with Crippen molar-refractivity contribution < 1.29 is 19.7 Å². The number of aromatic nitrogens is 4. The lowest BCUT2D eigenvalue weighted by atomic mass is 10.2. The van der Waals surface area contributed by atoms with E-state index in [1.54, 1.807) is 0 Å². The lowest BCUT2D eigenvalue weighted by Gasteiger charge is -2.16. The van der Waals surface area contributed by atoms with E-state index < -0.39 is 24.5 Å². The molecule has 0 aliphatic carbocycles. The summed E-state index contributed by atoms with van der Waals surface area (Å²) < 4.78 is 7.08. The molecule has 112 valence electrons. The van der Waals surface area contributed by atoms with Crippen LogP contribution in [0.3, 0.4) is 0 Å². The number of hydrogen-bond donors (Lipinski definition) is 4. The second-order valence-corrected chi connectivity index (χ2v) is 4.67. The summed E-state index contributed by atoms with van der Waals surface area (Å²) >= 11 is 0. The third-order valence-electron chi connectivity index (χ3n) is 3.24. The van der Waals surface area contributed by atoms with Crippen LogP contribution in [0.15, 0.2) is 12.7 Å². The number of imidazole rings is 1. The highest BCUT2D eigenvalue weighted by molar-refractivity contribution is 5.94. The Morgan fingerprint density at radius 1 is 1.52 bits per heavy atom. The molecular formula is C11H14N6O4. The van der Waals surface area contributed by atoms with Crippen LogP contribution in [-0.2, 0) is 4.74 Å². The predicted octanol–water partition coefficient (Wildman–Crippen LogP) is -1.04. The molecular weight excluding hydrogens is 280 g/mol. The van der Waals surface area contributed by atoms with Crippen LogP contribution in [0.1, 0.15) is 12.6 Å². The zero-order chi connectivity index (χ0) is 15.0. The first kappa shape index (κ1) is 13.7. The van der Waals surface area contributed by atoms with Crippen LogP contribution >= 0.6 is 0 Å². The minimum Gasteiger partial charge on any atom is -0.394 e. The van der Waals surface area contributed by atoms with Crippen LogP contribution in [0.4, 0.5) is 10.6 Å². The van der Waals surface area contributed by atoms with Gasteiger partial charge in [-0.3, -0.25) is 9.88 Å². The fourth-order valence-corrected chi connectivity index (χ4v) is 2.34. The van der Waals surface area contributed by atoms with Crippen molar-refractivity contribution in [3.05, 3.63) is 12.7 Å². The van der Waals surface area contributed by atoms with Gasteiger partial charge in [-0.25, -0.2) is 19.7 Å². The molecule has 0 saturated carbocycles. The van der Waals surface area contributed by atoms with Crippen molar-refractivity contribution in [2.75, 3.05) is 11.9 Å². The first-order valence-corrected chi connectivity index (χ1v) is 6.28. The summed E-state index contributed by atoms with van der Waals surface area (Å²) in [5, 5.41) is 21.5. The monoisotopic (exact) mass is 294 g/mol. The van der Waals surface area contributed by atoms with E-state index in [2.05, 4.69) is 20.3 Å². The number of carbonyl (C=O) groups excluding carboxylic acids is 1. The van der Waals surface area contributed by atoms with Gasteiger partial charge in [0.2, 0.25) is 0 Å². The molecule has 1 aliphatic heterocycles. The second-order valence-electron chi connectivity index (χ2n) is 4.67. The topological polar surface area (TPSA) is 148 Å². The number of nitrogens with zero attached hydrogens (tertiary/aromatic N) is 4. The van der Waals surface area contributed by atoms with E-state index in [1.807, 2.05) is 0 Å². The van der Waals surface area contributed by atoms with Crippen molar-refractivity contribution in [2.24, 2.45) is 5.73 Å². The van der Waals surface area contributed by atoms with E-state index in [4.69, 9.17) is 15.6 Å². The lowest BCUT2D eigenvalue weighted by molar-refractivity contribution is -0.0486. The Bertz CT molecular complexity index is 674. The minimum atomic E-state index is -0.790. The summed E-state index contributed by atoms with van der Waals surface area (Å²) in [5.74, 6) is 0.178. The number of nitrogens with two attached hydrogens (primary N) is 1. The molecule has 10 nitrogen and oxygen atoms in total. The van der Waals surface area contributed by atoms with E-state index in [9.17, 15) is 9.90 Å². The molecule has 0 unspecified atom stereocenters. The molecule has 5 N–H and O–H groups in total. The summed E-state index contributed by atoms with van der Waals surface area (Å²) in [6, 6.07) is -0.762. The van der Waals surface area contributed by atoms with Crippen LogP contribution in [0, 0.1) is 0 Å². The van der Waals surface area contributed by atoms with Gasteiger partial charge in [0.25, 0.3) is 0 Å². The first-order chi connectivity index (χ1) is 10.1. The lowest BCUT2D eigenvalue weighted by Crippen LogP contribution is -2.21. The van der Waals surface area contributed by atoms with E-state index in [0.717, 1.165) is 0 Å². The quantitative estimate of drug-likeness (QED) is 0.564.